The molecule has 0 aliphatic rings. The summed E-state index contributed by atoms with van der Waals surface area (Å²) in [6.07, 6.45) is 0. The Kier molecular flexibility index (Phi) is 5.48. The molecule has 1 aromatic heterocycles. The molecule has 0 saturated heterocycles. The standard InChI is InChI=1S/C31H22Cl2N2O/c1-18-9-10-20(23-6-3-2-5-22(18)23)17-35-28-8-4-7-26(31(34)36)30(28)25-13-11-19(15-29(25)35)24-14-12-21(32)16-27(24)33/h2-16H,17H2,1H3,(H2,34,36). The van der Waals surface area contributed by atoms with Crippen LogP contribution >= 0.6 is 23.2 Å². The van der Waals surface area contributed by atoms with Gasteiger partial charge in [-0.2, -0.15) is 0 Å². The molecule has 0 fully saturated rings. The Bertz CT molecular complexity index is 1830. The number of halogens is 2. The van der Waals surface area contributed by atoms with Crippen molar-refractivity contribution in [2.75, 3.05) is 0 Å². The van der Waals surface area contributed by atoms with Gasteiger partial charge in [-0.25, -0.2) is 0 Å². The van der Waals surface area contributed by atoms with Gasteiger partial charge >= 0.3 is 0 Å². The number of aryl methyl sites for hydroxylation is 1. The maximum absolute atomic E-state index is 12.4. The van der Waals surface area contributed by atoms with Crippen LogP contribution < -0.4 is 5.73 Å². The smallest absolute Gasteiger partial charge is 0.249 e. The maximum atomic E-state index is 12.4. The lowest BCUT2D eigenvalue weighted by molar-refractivity contribution is 0.100. The third kappa shape index (κ3) is 3.63. The largest absolute Gasteiger partial charge is 0.366 e. The second-order valence-corrected chi connectivity index (χ2v) is 9.94. The molecule has 6 aromatic rings. The van der Waals surface area contributed by atoms with Crippen LogP contribution in [0.5, 0.6) is 0 Å². The van der Waals surface area contributed by atoms with Gasteiger partial charge in [0.05, 0.1) is 11.0 Å². The van der Waals surface area contributed by atoms with Crippen LogP contribution in [0.1, 0.15) is 21.5 Å². The first kappa shape index (κ1) is 22.7. The van der Waals surface area contributed by atoms with E-state index >= 15 is 0 Å². The fourth-order valence-electron chi connectivity index (χ4n) is 5.23. The molecule has 0 saturated carbocycles. The molecule has 5 aromatic carbocycles. The minimum atomic E-state index is -0.440. The lowest BCUT2D eigenvalue weighted by Gasteiger charge is -2.13. The summed E-state index contributed by atoms with van der Waals surface area (Å²) in [6.45, 7) is 2.77. The van der Waals surface area contributed by atoms with Gasteiger partial charge in [-0.3, -0.25) is 4.79 Å². The van der Waals surface area contributed by atoms with Crippen LogP contribution in [0.2, 0.25) is 10.0 Å². The molecule has 6 rings (SSSR count). The van der Waals surface area contributed by atoms with Crippen LogP contribution in [-0.4, -0.2) is 10.5 Å². The molecule has 0 atom stereocenters. The second-order valence-electron chi connectivity index (χ2n) is 9.09. The topological polar surface area (TPSA) is 48.0 Å². The summed E-state index contributed by atoms with van der Waals surface area (Å²) < 4.78 is 2.27. The zero-order chi connectivity index (χ0) is 25.0. The number of rotatable bonds is 4. The van der Waals surface area contributed by atoms with Crippen molar-refractivity contribution in [2.24, 2.45) is 5.73 Å². The third-order valence-electron chi connectivity index (χ3n) is 6.96. The zero-order valence-corrected chi connectivity index (χ0v) is 21.1. The molecule has 36 heavy (non-hydrogen) atoms. The average Bonchev–Trinajstić information content (AvgIpc) is 3.18. The van der Waals surface area contributed by atoms with Gasteiger partial charge in [-0.05, 0) is 64.7 Å². The van der Waals surface area contributed by atoms with E-state index in [1.54, 1.807) is 12.1 Å². The van der Waals surface area contributed by atoms with Crippen molar-refractivity contribution in [1.29, 1.82) is 0 Å². The van der Waals surface area contributed by atoms with E-state index in [0.717, 1.165) is 32.9 Å². The maximum Gasteiger partial charge on any atom is 0.249 e. The molecule has 0 aliphatic heterocycles. The summed E-state index contributed by atoms with van der Waals surface area (Å²) in [6, 6.07) is 30.3. The van der Waals surface area contributed by atoms with E-state index in [1.165, 1.54) is 21.9 Å². The summed E-state index contributed by atoms with van der Waals surface area (Å²) in [4.78, 5) is 12.4. The molecular formula is C31H22Cl2N2O. The lowest BCUT2D eigenvalue weighted by atomic mass is 10.00. The summed E-state index contributed by atoms with van der Waals surface area (Å²) in [7, 11) is 0. The van der Waals surface area contributed by atoms with E-state index < -0.39 is 5.91 Å². The first-order chi connectivity index (χ1) is 17.4. The van der Waals surface area contributed by atoms with E-state index in [2.05, 4.69) is 54.0 Å². The van der Waals surface area contributed by atoms with Crippen LogP contribution in [0.25, 0.3) is 43.7 Å². The number of primary amides is 1. The van der Waals surface area contributed by atoms with Crippen molar-refractivity contribution < 1.29 is 4.79 Å². The molecular weight excluding hydrogens is 487 g/mol. The van der Waals surface area contributed by atoms with Crippen molar-refractivity contribution in [2.45, 2.75) is 13.5 Å². The molecule has 5 heteroatoms. The number of amides is 1. The zero-order valence-electron chi connectivity index (χ0n) is 19.6. The highest BCUT2D eigenvalue weighted by molar-refractivity contribution is 6.36. The fourth-order valence-corrected chi connectivity index (χ4v) is 5.75. The van der Waals surface area contributed by atoms with Crippen LogP contribution in [0.4, 0.5) is 0 Å². The first-order valence-electron chi connectivity index (χ1n) is 11.7. The number of carbonyl (C=O) groups excluding carboxylic acids is 1. The van der Waals surface area contributed by atoms with Gasteiger partial charge in [-0.1, -0.05) is 83.9 Å². The Morgan fingerprint density at radius 1 is 0.806 bits per heavy atom. The molecule has 0 aliphatic carbocycles. The highest BCUT2D eigenvalue weighted by atomic mass is 35.5. The van der Waals surface area contributed by atoms with E-state index in [0.29, 0.717) is 22.2 Å². The number of nitrogens with zero attached hydrogens (tertiary/aromatic N) is 1. The molecule has 0 bridgehead atoms. The van der Waals surface area contributed by atoms with Gasteiger partial charge in [0.25, 0.3) is 0 Å². The Morgan fingerprint density at radius 2 is 1.61 bits per heavy atom. The van der Waals surface area contributed by atoms with Crippen LogP contribution in [0.15, 0.2) is 91.0 Å². The first-order valence-corrected chi connectivity index (χ1v) is 12.5. The molecule has 3 nitrogen and oxygen atoms in total. The van der Waals surface area contributed by atoms with Crippen molar-refractivity contribution in [3.63, 3.8) is 0 Å². The molecule has 0 spiro atoms. The predicted octanol–water partition coefficient (Wildman–Crippen LogP) is 8.38. The van der Waals surface area contributed by atoms with Crippen molar-refractivity contribution in [3.05, 3.63) is 118 Å². The summed E-state index contributed by atoms with van der Waals surface area (Å²) >= 11 is 12.7. The Morgan fingerprint density at radius 3 is 2.39 bits per heavy atom. The van der Waals surface area contributed by atoms with Crippen LogP contribution in [-0.2, 0) is 6.54 Å². The van der Waals surface area contributed by atoms with E-state index in [1.807, 2.05) is 36.4 Å². The average molecular weight is 509 g/mol. The number of hydrogen-bond donors (Lipinski definition) is 1. The Labute approximate surface area is 218 Å². The normalized spacial score (nSPS) is 11.5. The number of nitrogens with two attached hydrogens (primary N) is 1. The molecule has 176 valence electrons. The van der Waals surface area contributed by atoms with Gasteiger partial charge in [0, 0.05) is 38.5 Å². The number of hydrogen-bond acceptors (Lipinski definition) is 1. The third-order valence-corrected chi connectivity index (χ3v) is 7.51. The SMILES string of the molecule is Cc1ccc(Cn2c3cc(-c4ccc(Cl)cc4Cl)ccc3c3c(C(N)=O)cccc32)c2ccccc12. The summed E-state index contributed by atoms with van der Waals surface area (Å²) in [5, 5.41) is 5.48. The number of fused-ring (bicyclic) bond motifs is 4. The summed E-state index contributed by atoms with van der Waals surface area (Å²) in [5.41, 5.74) is 12.6. The van der Waals surface area contributed by atoms with Gasteiger partial charge in [0.1, 0.15) is 0 Å². The monoisotopic (exact) mass is 508 g/mol. The van der Waals surface area contributed by atoms with Gasteiger partial charge < -0.3 is 10.3 Å². The van der Waals surface area contributed by atoms with Crippen molar-refractivity contribution in [1.82, 2.24) is 4.57 Å². The lowest BCUT2D eigenvalue weighted by Crippen LogP contribution is -2.11. The van der Waals surface area contributed by atoms with Gasteiger partial charge in [0.2, 0.25) is 5.91 Å². The quantitative estimate of drug-likeness (QED) is 0.255. The number of benzene rings is 5. The number of aromatic nitrogens is 1. The van der Waals surface area contributed by atoms with Crippen molar-refractivity contribution >= 4 is 61.7 Å². The molecule has 0 radical (unpaired) electrons. The van der Waals surface area contributed by atoms with Gasteiger partial charge in [0.15, 0.2) is 0 Å². The fraction of sp³-hybridized carbons (Fsp3) is 0.0645. The van der Waals surface area contributed by atoms with Crippen LogP contribution in [0.3, 0.4) is 0 Å². The highest BCUT2D eigenvalue weighted by Crippen LogP contribution is 2.38. The van der Waals surface area contributed by atoms with Crippen molar-refractivity contribution in [3.8, 4) is 11.1 Å². The molecule has 1 heterocycles. The number of carbonyl (C=O) groups is 1. The molecule has 2 N–H and O–H groups in total. The van der Waals surface area contributed by atoms with E-state index in [-0.39, 0.29) is 0 Å². The molecule has 0 unspecified atom stereocenters. The Hall–Kier alpha value is -3.79. The highest BCUT2D eigenvalue weighted by Gasteiger charge is 2.18. The van der Waals surface area contributed by atoms with Gasteiger partial charge in [-0.15, -0.1) is 0 Å². The second kappa shape index (κ2) is 8.70. The summed E-state index contributed by atoms with van der Waals surface area (Å²) in [5.74, 6) is -0.440. The predicted molar refractivity (Wildman–Crippen MR) is 151 cm³/mol. The minimum Gasteiger partial charge on any atom is -0.366 e. The molecule has 1 amide bonds. The van der Waals surface area contributed by atoms with E-state index in [4.69, 9.17) is 28.9 Å². The Balaban J connectivity index is 1.65. The van der Waals surface area contributed by atoms with Crippen LogP contribution in [0, 0.1) is 6.92 Å². The minimum absolute atomic E-state index is 0.440. The van der Waals surface area contributed by atoms with E-state index in [9.17, 15) is 4.79 Å².